The van der Waals surface area contributed by atoms with Gasteiger partial charge in [-0.15, -0.1) is 11.3 Å². The fourth-order valence-corrected chi connectivity index (χ4v) is 11.6. The number of aromatic nitrogens is 1. The Bertz CT molecular complexity index is 4200. The Morgan fingerprint density at radius 2 is 1.11 bits per heavy atom. The molecule has 0 aliphatic carbocycles. The number of fused-ring (bicyclic) bond motifs is 12. The molecule has 0 amide bonds. The van der Waals surface area contributed by atoms with Crippen LogP contribution in [-0.2, 0) is 0 Å². The molecule has 14 rings (SSSR count). The van der Waals surface area contributed by atoms with Gasteiger partial charge in [-0.3, -0.25) is 0 Å². The number of nitrogens with zero attached hydrogens (tertiary/aromatic N) is 3. The van der Waals surface area contributed by atoms with Gasteiger partial charge in [0.15, 0.2) is 11.4 Å². The largest absolute Gasteiger partial charge is 0.454 e. The molecule has 1 atom stereocenters. The first-order chi connectivity index (χ1) is 32.6. The van der Waals surface area contributed by atoms with E-state index in [1.165, 1.54) is 63.3 Å². The number of benzene rings is 10. The van der Waals surface area contributed by atoms with Gasteiger partial charge in [-0.25, -0.2) is 9.98 Å². The van der Waals surface area contributed by atoms with Crippen LogP contribution in [0, 0.1) is 5.92 Å². The van der Waals surface area contributed by atoms with Crippen molar-refractivity contribution in [3.8, 4) is 5.69 Å². The molecule has 0 bridgehead atoms. The minimum Gasteiger partial charge on any atom is -0.454 e. The third-order valence-electron chi connectivity index (χ3n) is 13.8. The van der Waals surface area contributed by atoms with Crippen molar-refractivity contribution in [3.05, 3.63) is 217 Å². The Kier molecular flexibility index (Phi) is 8.16. The highest BCUT2D eigenvalue weighted by molar-refractivity contribution is 7.25. The third kappa shape index (κ3) is 5.76. The minimum absolute atomic E-state index is 0.107. The SMILES string of the molecule is CC1C/C=C(\c2ccc3sc4ccccc4c3c2)N=C(c2ccc(-n3c4cc5ccccc5cc4c4cc5ccccc5cc43)c3oc4ccccc4c23)N=C1c1ccc2ccccc2c1. The third-order valence-corrected chi connectivity index (χ3v) is 14.9. The summed E-state index contributed by atoms with van der Waals surface area (Å²) in [5.41, 5.74) is 9.89. The van der Waals surface area contributed by atoms with Crippen molar-refractivity contribution in [2.75, 3.05) is 0 Å². The van der Waals surface area contributed by atoms with Crippen LogP contribution in [-0.4, -0.2) is 16.1 Å². The van der Waals surface area contributed by atoms with E-state index < -0.39 is 0 Å². The molecule has 0 spiro atoms. The monoisotopic (exact) mass is 861 g/mol. The van der Waals surface area contributed by atoms with Crippen LogP contribution in [0.15, 0.2) is 215 Å². The maximum Gasteiger partial charge on any atom is 0.160 e. The Morgan fingerprint density at radius 1 is 0.500 bits per heavy atom. The van der Waals surface area contributed by atoms with Crippen molar-refractivity contribution >= 4 is 125 Å². The zero-order valence-corrected chi connectivity index (χ0v) is 36.8. The van der Waals surface area contributed by atoms with E-state index in [2.05, 4.69) is 212 Å². The number of amidine groups is 1. The van der Waals surface area contributed by atoms with E-state index in [0.717, 1.165) is 73.2 Å². The van der Waals surface area contributed by atoms with Crippen molar-refractivity contribution in [2.45, 2.75) is 13.3 Å². The van der Waals surface area contributed by atoms with Crippen molar-refractivity contribution in [3.63, 3.8) is 0 Å². The fraction of sp³-hybridized carbons (Fsp3) is 0.0492. The van der Waals surface area contributed by atoms with Crippen LogP contribution in [0.2, 0.25) is 0 Å². The quantitative estimate of drug-likeness (QED) is 0.174. The number of allylic oxidation sites excluding steroid dienone is 1. The molecule has 3 aromatic heterocycles. The van der Waals surface area contributed by atoms with E-state index in [0.29, 0.717) is 5.84 Å². The molecule has 1 aliphatic heterocycles. The van der Waals surface area contributed by atoms with Gasteiger partial charge in [0.1, 0.15) is 5.58 Å². The maximum absolute atomic E-state index is 7.10. The van der Waals surface area contributed by atoms with Crippen LogP contribution < -0.4 is 0 Å². The molecule has 4 nitrogen and oxygen atoms in total. The van der Waals surface area contributed by atoms with Gasteiger partial charge in [0, 0.05) is 58.8 Å². The summed E-state index contributed by atoms with van der Waals surface area (Å²) in [4.78, 5) is 11.4. The van der Waals surface area contributed by atoms with E-state index in [4.69, 9.17) is 14.4 Å². The molecule has 66 heavy (non-hydrogen) atoms. The standard InChI is InChI=1S/C61H39N3OS/c1-36-22-27-51(43-25-29-57-50(33-43)45-18-9-11-21-56(45)66-57)62-61(63-59(36)44-24-23-37-12-2-3-13-38(37)30-44)47-26-28-52(60-58(47)46-19-8-10-20-55(46)65-60)64-53-34-41-16-6-4-14-39(41)31-48(53)49-32-40-15-5-7-17-42(40)35-54(49)64/h2-21,23-36H,22H2,1H3/b51-27+,62-61?,63-59?. The van der Waals surface area contributed by atoms with Gasteiger partial charge >= 0.3 is 0 Å². The average molecular weight is 862 g/mol. The number of hydrogen-bond acceptors (Lipinski definition) is 4. The molecule has 0 saturated carbocycles. The van der Waals surface area contributed by atoms with Crippen LogP contribution in [0.1, 0.15) is 30.0 Å². The van der Waals surface area contributed by atoms with Gasteiger partial charge < -0.3 is 8.98 Å². The van der Waals surface area contributed by atoms with Crippen LogP contribution in [0.25, 0.3) is 108 Å². The zero-order chi connectivity index (χ0) is 43.5. The summed E-state index contributed by atoms with van der Waals surface area (Å²) in [6, 6.07) is 70.3. The second kappa shape index (κ2) is 14.4. The summed E-state index contributed by atoms with van der Waals surface area (Å²) < 4.78 is 12.1. The molecule has 1 unspecified atom stereocenters. The Balaban J connectivity index is 1.05. The van der Waals surface area contributed by atoms with Gasteiger partial charge in [0.25, 0.3) is 0 Å². The lowest BCUT2D eigenvalue weighted by molar-refractivity contribution is 0.666. The van der Waals surface area contributed by atoms with Crippen molar-refractivity contribution in [1.29, 1.82) is 0 Å². The van der Waals surface area contributed by atoms with Crippen LogP contribution in [0.5, 0.6) is 0 Å². The first-order valence-electron chi connectivity index (χ1n) is 22.7. The highest BCUT2D eigenvalue weighted by Crippen LogP contribution is 2.43. The van der Waals surface area contributed by atoms with E-state index in [1.807, 2.05) is 11.3 Å². The van der Waals surface area contributed by atoms with Crippen molar-refractivity contribution in [1.82, 2.24) is 4.57 Å². The van der Waals surface area contributed by atoms with Gasteiger partial charge in [0.2, 0.25) is 0 Å². The number of para-hydroxylation sites is 1. The summed E-state index contributed by atoms with van der Waals surface area (Å²) in [6.07, 6.45) is 3.11. The summed E-state index contributed by atoms with van der Waals surface area (Å²) in [5.74, 6) is 0.768. The number of aliphatic imine (C=N–C) groups is 2. The first-order valence-corrected chi connectivity index (χ1v) is 23.5. The van der Waals surface area contributed by atoms with Crippen molar-refractivity contribution in [2.24, 2.45) is 15.9 Å². The van der Waals surface area contributed by atoms with Gasteiger partial charge in [0.05, 0.1) is 28.1 Å². The normalized spacial score (nSPS) is 15.6. The molecule has 0 saturated heterocycles. The Morgan fingerprint density at radius 3 is 1.85 bits per heavy atom. The smallest absolute Gasteiger partial charge is 0.160 e. The molecule has 0 fully saturated rings. The van der Waals surface area contributed by atoms with Crippen molar-refractivity contribution < 1.29 is 4.42 Å². The van der Waals surface area contributed by atoms with E-state index in [1.54, 1.807) is 0 Å². The lowest BCUT2D eigenvalue weighted by Crippen LogP contribution is -2.17. The first kappa shape index (κ1) is 37.3. The lowest BCUT2D eigenvalue weighted by atomic mass is 9.92. The van der Waals surface area contributed by atoms with Gasteiger partial charge in [-0.1, -0.05) is 140 Å². The molecule has 1 aliphatic rings. The predicted octanol–water partition coefficient (Wildman–Crippen LogP) is 16.8. The van der Waals surface area contributed by atoms with E-state index >= 15 is 0 Å². The average Bonchev–Trinajstić information content (AvgIpc) is 4.03. The van der Waals surface area contributed by atoms with Crippen LogP contribution in [0.3, 0.4) is 0 Å². The molecule has 13 aromatic rings. The molecule has 0 N–H and O–H groups in total. The summed E-state index contributed by atoms with van der Waals surface area (Å²) in [5, 5.41) is 14.2. The summed E-state index contributed by atoms with van der Waals surface area (Å²) in [7, 11) is 0. The zero-order valence-electron chi connectivity index (χ0n) is 36.0. The minimum atomic E-state index is 0.107. The fourth-order valence-electron chi connectivity index (χ4n) is 10.5. The number of rotatable bonds is 4. The Labute approximate surface area is 383 Å². The van der Waals surface area contributed by atoms with E-state index in [-0.39, 0.29) is 5.92 Å². The summed E-state index contributed by atoms with van der Waals surface area (Å²) >= 11 is 1.84. The molecule has 5 heteroatoms. The Hall–Kier alpha value is -8.12. The molecular weight excluding hydrogens is 823 g/mol. The molecule has 4 heterocycles. The lowest BCUT2D eigenvalue weighted by Gasteiger charge is -2.19. The number of thiophene rings is 1. The molecule has 310 valence electrons. The van der Waals surface area contributed by atoms with Gasteiger partial charge in [-0.2, -0.15) is 0 Å². The van der Waals surface area contributed by atoms with E-state index in [9.17, 15) is 0 Å². The van der Waals surface area contributed by atoms with Crippen LogP contribution >= 0.6 is 11.3 Å². The number of furan rings is 1. The molecular formula is C61H39N3OS. The second-order valence-electron chi connectivity index (χ2n) is 17.7. The maximum atomic E-state index is 7.10. The van der Waals surface area contributed by atoms with Gasteiger partial charge in [-0.05, 0) is 111 Å². The topological polar surface area (TPSA) is 42.8 Å². The summed E-state index contributed by atoms with van der Waals surface area (Å²) in [6.45, 7) is 2.29. The highest BCUT2D eigenvalue weighted by Gasteiger charge is 2.25. The molecule has 10 aromatic carbocycles. The highest BCUT2D eigenvalue weighted by atomic mass is 32.1. The number of hydrogen-bond donors (Lipinski definition) is 0. The second-order valence-corrected chi connectivity index (χ2v) is 18.8. The van der Waals surface area contributed by atoms with Crippen LogP contribution in [0.4, 0.5) is 0 Å². The predicted molar refractivity (Wildman–Crippen MR) is 281 cm³/mol. The molecule has 0 radical (unpaired) electrons.